The normalized spacial score (nSPS) is 13.4. The minimum Gasteiger partial charge on any atom is -0.460 e. The van der Waals surface area contributed by atoms with Gasteiger partial charge in [0.25, 0.3) is 0 Å². The standard InChI is InChI=1S/C12H22O3/c1-6-7-9(2)10(13)8-11(14)15-12(3,4)5/h9H,6-8H2,1-5H3. The van der Waals surface area contributed by atoms with Gasteiger partial charge in [-0.2, -0.15) is 0 Å². The summed E-state index contributed by atoms with van der Waals surface area (Å²) in [6.07, 6.45) is 1.70. The molecule has 0 bridgehead atoms. The van der Waals surface area contributed by atoms with Crippen molar-refractivity contribution in [3.05, 3.63) is 0 Å². The minimum atomic E-state index is -0.509. The van der Waals surface area contributed by atoms with E-state index < -0.39 is 11.6 Å². The summed E-state index contributed by atoms with van der Waals surface area (Å²) in [5.41, 5.74) is -0.509. The van der Waals surface area contributed by atoms with E-state index in [2.05, 4.69) is 0 Å². The summed E-state index contributed by atoms with van der Waals surface area (Å²) in [5.74, 6) is -0.482. The van der Waals surface area contributed by atoms with Crippen molar-refractivity contribution in [2.45, 2.75) is 59.5 Å². The molecule has 88 valence electrons. The van der Waals surface area contributed by atoms with Gasteiger partial charge in [0.05, 0.1) is 0 Å². The topological polar surface area (TPSA) is 43.4 Å². The van der Waals surface area contributed by atoms with Crippen LogP contribution in [0.2, 0.25) is 0 Å². The van der Waals surface area contributed by atoms with Crippen molar-refractivity contribution >= 4 is 11.8 Å². The first-order valence-corrected chi connectivity index (χ1v) is 5.50. The molecule has 0 aromatic heterocycles. The van der Waals surface area contributed by atoms with Gasteiger partial charge in [-0.25, -0.2) is 0 Å². The van der Waals surface area contributed by atoms with Crippen LogP contribution in [0.25, 0.3) is 0 Å². The van der Waals surface area contributed by atoms with Gasteiger partial charge in [0.15, 0.2) is 0 Å². The molecule has 0 spiro atoms. The van der Waals surface area contributed by atoms with Crippen LogP contribution in [0.15, 0.2) is 0 Å². The Balaban J connectivity index is 4.02. The van der Waals surface area contributed by atoms with Crippen LogP contribution in [0.3, 0.4) is 0 Å². The number of hydrogen-bond donors (Lipinski definition) is 0. The predicted molar refractivity (Wildman–Crippen MR) is 59.5 cm³/mol. The molecule has 0 aliphatic heterocycles. The number of esters is 1. The van der Waals surface area contributed by atoms with Crippen LogP contribution in [0.1, 0.15) is 53.9 Å². The van der Waals surface area contributed by atoms with Gasteiger partial charge in [-0.05, 0) is 27.2 Å². The predicted octanol–water partition coefficient (Wildman–Crippen LogP) is 2.72. The number of ketones is 1. The molecule has 0 amide bonds. The molecule has 1 unspecified atom stereocenters. The molecule has 0 aliphatic rings. The second-order valence-corrected chi connectivity index (χ2v) is 4.92. The Morgan fingerprint density at radius 3 is 2.20 bits per heavy atom. The summed E-state index contributed by atoms with van der Waals surface area (Å²) in [6.45, 7) is 9.27. The Morgan fingerprint density at radius 2 is 1.80 bits per heavy atom. The van der Waals surface area contributed by atoms with E-state index in [0.717, 1.165) is 12.8 Å². The lowest BCUT2D eigenvalue weighted by atomic mass is 9.99. The summed E-state index contributed by atoms with van der Waals surface area (Å²) in [5, 5.41) is 0. The van der Waals surface area contributed by atoms with Gasteiger partial charge in [-0.3, -0.25) is 9.59 Å². The second kappa shape index (κ2) is 5.89. The molecular weight excluding hydrogens is 192 g/mol. The maximum atomic E-state index is 11.5. The first-order valence-electron chi connectivity index (χ1n) is 5.50. The van der Waals surface area contributed by atoms with Crippen molar-refractivity contribution in [3.8, 4) is 0 Å². The highest BCUT2D eigenvalue weighted by molar-refractivity contribution is 5.96. The number of carbonyl (C=O) groups excluding carboxylic acids is 2. The molecule has 0 aliphatic carbocycles. The smallest absolute Gasteiger partial charge is 0.313 e. The van der Waals surface area contributed by atoms with Gasteiger partial charge in [0, 0.05) is 5.92 Å². The lowest BCUT2D eigenvalue weighted by Gasteiger charge is -2.19. The monoisotopic (exact) mass is 214 g/mol. The number of Topliss-reactive ketones (excluding diaryl/α,β-unsaturated/α-hetero) is 1. The van der Waals surface area contributed by atoms with Gasteiger partial charge in [0.2, 0.25) is 0 Å². The third-order valence-corrected chi connectivity index (χ3v) is 2.01. The molecule has 0 rings (SSSR count). The van der Waals surface area contributed by atoms with Gasteiger partial charge in [-0.1, -0.05) is 20.3 Å². The molecule has 0 saturated heterocycles. The largest absolute Gasteiger partial charge is 0.460 e. The van der Waals surface area contributed by atoms with Crippen molar-refractivity contribution in [2.24, 2.45) is 5.92 Å². The molecule has 0 radical (unpaired) electrons. The average Bonchev–Trinajstić information content (AvgIpc) is 2.00. The molecule has 1 atom stereocenters. The van der Waals surface area contributed by atoms with Gasteiger partial charge < -0.3 is 4.74 Å². The summed E-state index contributed by atoms with van der Waals surface area (Å²) in [6, 6.07) is 0. The van der Waals surface area contributed by atoms with Crippen molar-refractivity contribution in [1.82, 2.24) is 0 Å². The zero-order chi connectivity index (χ0) is 12.1. The number of carbonyl (C=O) groups is 2. The maximum absolute atomic E-state index is 11.5. The van der Waals surface area contributed by atoms with E-state index in [-0.39, 0.29) is 18.1 Å². The van der Waals surface area contributed by atoms with E-state index in [1.54, 1.807) is 20.8 Å². The molecule has 3 nitrogen and oxygen atoms in total. The highest BCUT2D eigenvalue weighted by atomic mass is 16.6. The first-order chi connectivity index (χ1) is 6.76. The molecule has 0 saturated carbocycles. The summed E-state index contributed by atoms with van der Waals surface area (Å²) < 4.78 is 5.08. The molecule has 0 aromatic carbocycles. The Labute approximate surface area is 92.2 Å². The molecule has 0 fully saturated rings. The molecule has 0 heterocycles. The van der Waals surface area contributed by atoms with Crippen LogP contribution in [-0.4, -0.2) is 17.4 Å². The van der Waals surface area contributed by atoms with Crippen LogP contribution in [-0.2, 0) is 14.3 Å². The first kappa shape index (κ1) is 14.1. The van der Waals surface area contributed by atoms with Gasteiger partial charge >= 0.3 is 5.97 Å². The van der Waals surface area contributed by atoms with E-state index in [1.165, 1.54) is 0 Å². The Bertz CT molecular complexity index is 226. The fourth-order valence-electron chi connectivity index (χ4n) is 1.29. The number of hydrogen-bond acceptors (Lipinski definition) is 3. The lowest BCUT2D eigenvalue weighted by molar-refractivity contribution is -0.156. The van der Waals surface area contributed by atoms with Crippen LogP contribution in [0.5, 0.6) is 0 Å². The fourth-order valence-corrected chi connectivity index (χ4v) is 1.29. The molecular formula is C12H22O3. The number of ether oxygens (including phenoxy) is 1. The second-order valence-electron chi connectivity index (χ2n) is 4.92. The van der Waals surface area contributed by atoms with Crippen LogP contribution < -0.4 is 0 Å². The van der Waals surface area contributed by atoms with Gasteiger partial charge in [0.1, 0.15) is 17.8 Å². The molecule has 3 heteroatoms. The van der Waals surface area contributed by atoms with Crippen molar-refractivity contribution in [3.63, 3.8) is 0 Å². The van der Waals surface area contributed by atoms with Crippen LogP contribution in [0.4, 0.5) is 0 Å². The van der Waals surface area contributed by atoms with E-state index in [1.807, 2.05) is 13.8 Å². The zero-order valence-electron chi connectivity index (χ0n) is 10.4. The van der Waals surface area contributed by atoms with E-state index in [0.29, 0.717) is 0 Å². The highest BCUT2D eigenvalue weighted by Crippen LogP contribution is 2.12. The maximum Gasteiger partial charge on any atom is 0.313 e. The SMILES string of the molecule is CCCC(C)C(=O)CC(=O)OC(C)(C)C. The Hall–Kier alpha value is -0.860. The van der Waals surface area contributed by atoms with Crippen molar-refractivity contribution < 1.29 is 14.3 Å². The van der Waals surface area contributed by atoms with E-state index in [9.17, 15) is 9.59 Å². The average molecular weight is 214 g/mol. The number of rotatable bonds is 5. The summed E-state index contributed by atoms with van der Waals surface area (Å²) in [7, 11) is 0. The fraction of sp³-hybridized carbons (Fsp3) is 0.833. The quantitative estimate of drug-likeness (QED) is 0.522. The zero-order valence-corrected chi connectivity index (χ0v) is 10.4. The summed E-state index contributed by atoms with van der Waals surface area (Å²) >= 11 is 0. The molecule has 0 N–H and O–H groups in total. The van der Waals surface area contributed by atoms with Crippen LogP contribution >= 0.6 is 0 Å². The van der Waals surface area contributed by atoms with Crippen molar-refractivity contribution in [2.75, 3.05) is 0 Å². The minimum absolute atomic E-state index is 0.0221. The molecule has 0 aromatic rings. The Kier molecular flexibility index (Phi) is 5.55. The summed E-state index contributed by atoms with van der Waals surface area (Å²) in [4.78, 5) is 22.9. The van der Waals surface area contributed by atoms with E-state index in [4.69, 9.17) is 4.74 Å². The molecule has 15 heavy (non-hydrogen) atoms. The third-order valence-electron chi connectivity index (χ3n) is 2.01. The highest BCUT2D eigenvalue weighted by Gasteiger charge is 2.21. The van der Waals surface area contributed by atoms with Crippen LogP contribution in [0, 0.1) is 5.92 Å². The van der Waals surface area contributed by atoms with Gasteiger partial charge in [-0.15, -0.1) is 0 Å². The lowest BCUT2D eigenvalue weighted by Crippen LogP contribution is -2.26. The van der Waals surface area contributed by atoms with Crippen molar-refractivity contribution in [1.29, 1.82) is 0 Å². The Morgan fingerprint density at radius 1 is 1.27 bits per heavy atom. The van der Waals surface area contributed by atoms with E-state index >= 15 is 0 Å². The third kappa shape index (κ3) is 7.11.